The molecule has 1 aromatic rings. The van der Waals surface area contributed by atoms with Crippen molar-refractivity contribution in [1.82, 2.24) is 9.80 Å². The van der Waals surface area contributed by atoms with Gasteiger partial charge in [0.1, 0.15) is 6.54 Å². The Kier molecular flexibility index (Phi) is 5.96. The molecule has 0 atom stereocenters. The first-order chi connectivity index (χ1) is 13.4. The van der Waals surface area contributed by atoms with Gasteiger partial charge < -0.3 is 10.2 Å². The normalized spacial score (nSPS) is 17.1. The molecule has 0 spiro atoms. The molecule has 0 unspecified atom stereocenters. The van der Waals surface area contributed by atoms with E-state index in [1.54, 1.807) is 0 Å². The predicted molar refractivity (Wildman–Crippen MR) is 105 cm³/mol. The molecule has 1 aromatic carbocycles. The van der Waals surface area contributed by atoms with E-state index in [1.165, 1.54) is 12.8 Å². The van der Waals surface area contributed by atoms with Crippen LogP contribution in [0.2, 0.25) is 0 Å². The number of imide groups is 2. The summed E-state index contributed by atoms with van der Waals surface area (Å²) in [6, 6.07) is 5.08. The molecule has 2 aliphatic rings. The van der Waals surface area contributed by atoms with Crippen LogP contribution in [0, 0.1) is 6.92 Å². The Morgan fingerprint density at radius 2 is 1.75 bits per heavy atom. The van der Waals surface area contributed by atoms with E-state index < -0.39 is 30.3 Å². The van der Waals surface area contributed by atoms with Crippen molar-refractivity contribution in [2.24, 2.45) is 0 Å². The number of hydrogen-bond donors (Lipinski definition) is 1. The van der Waals surface area contributed by atoms with Gasteiger partial charge in [-0.05, 0) is 49.9 Å². The van der Waals surface area contributed by atoms with E-state index in [-0.39, 0.29) is 6.54 Å². The van der Waals surface area contributed by atoms with Crippen molar-refractivity contribution in [2.45, 2.75) is 39.5 Å². The number of rotatable bonds is 7. The molecule has 1 N–H and O–H groups in total. The molecule has 28 heavy (non-hydrogen) atoms. The maximum absolute atomic E-state index is 12.4. The number of urea groups is 1. The van der Waals surface area contributed by atoms with Crippen LogP contribution in [0.4, 0.5) is 16.2 Å². The zero-order valence-corrected chi connectivity index (χ0v) is 16.4. The average molecular weight is 386 g/mol. The van der Waals surface area contributed by atoms with Gasteiger partial charge in [0.05, 0.1) is 0 Å². The van der Waals surface area contributed by atoms with Crippen LogP contribution in [-0.4, -0.2) is 59.7 Å². The maximum atomic E-state index is 12.4. The van der Waals surface area contributed by atoms with E-state index in [1.807, 2.05) is 32.0 Å². The summed E-state index contributed by atoms with van der Waals surface area (Å²) < 4.78 is 0. The lowest BCUT2D eigenvalue weighted by atomic mass is 10.1. The highest BCUT2D eigenvalue weighted by Crippen LogP contribution is 2.25. The van der Waals surface area contributed by atoms with Gasteiger partial charge in [0.25, 0.3) is 0 Å². The van der Waals surface area contributed by atoms with Crippen LogP contribution in [0.15, 0.2) is 18.2 Å². The standard InChI is InChI=1S/C20H26N4O4/c1-3-4-11-23-18(26)19(27)24(20(23)28)13-17(25)21-16-8-7-15(12-14(16)2)22-9-5-6-10-22/h7-8,12H,3-6,9-11,13H2,1-2H3,(H,21,25). The van der Waals surface area contributed by atoms with E-state index >= 15 is 0 Å². The van der Waals surface area contributed by atoms with Crippen molar-refractivity contribution in [3.63, 3.8) is 0 Å². The van der Waals surface area contributed by atoms with Gasteiger partial charge >= 0.3 is 17.8 Å². The molecule has 0 aliphatic carbocycles. The quantitative estimate of drug-likeness (QED) is 0.573. The largest absolute Gasteiger partial charge is 0.372 e. The van der Waals surface area contributed by atoms with E-state index in [9.17, 15) is 19.2 Å². The Morgan fingerprint density at radius 1 is 1.07 bits per heavy atom. The third kappa shape index (κ3) is 4.00. The van der Waals surface area contributed by atoms with Gasteiger partial charge in [0.2, 0.25) is 5.91 Å². The zero-order valence-electron chi connectivity index (χ0n) is 16.4. The molecule has 150 valence electrons. The Balaban J connectivity index is 1.63. The van der Waals surface area contributed by atoms with Crippen LogP contribution in [0.1, 0.15) is 38.2 Å². The summed E-state index contributed by atoms with van der Waals surface area (Å²) in [6.45, 7) is 5.61. The van der Waals surface area contributed by atoms with E-state index in [2.05, 4.69) is 10.2 Å². The lowest BCUT2D eigenvalue weighted by Gasteiger charge is -2.20. The summed E-state index contributed by atoms with van der Waals surface area (Å²) >= 11 is 0. The van der Waals surface area contributed by atoms with Gasteiger partial charge in [-0.15, -0.1) is 0 Å². The summed E-state index contributed by atoms with van der Waals surface area (Å²) in [7, 11) is 0. The number of amides is 5. The van der Waals surface area contributed by atoms with Gasteiger partial charge in [0.15, 0.2) is 0 Å². The molecule has 3 rings (SSSR count). The van der Waals surface area contributed by atoms with Gasteiger partial charge in [-0.2, -0.15) is 0 Å². The van der Waals surface area contributed by atoms with Crippen LogP contribution < -0.4 is 10.2 Å². The summed E-state index contributed by atoms with van der Waals surface area (Å²) in [4.78, 5) is 52.6. The monoisotopic (exact) mass is 386 g/mol. The molecule has 0 saturated carbocycles. The topological polar surface area (TPSA) is 90.0 Å². The zero-order chi connectivity index (χ0) is 20.3. The van der Waals surface area contributed by atoms with Crippen LogP contribution in [0.3, 0.4) is 0 Å². The van der Waals surface area contributed by atoms with Crippen molar-refractivity contribution in [2.75, 3.05) is 36.4 Å². The fourth-order valence-electron chi connectivity index (χ4n) is 3.50. The lowest BCUT2D eigenvalue weighted by molar-refractivity contribution is -0.143. The smallest absolute Gasteiger partial charge is 0.334 e. The molecular weight excluding hydrogens is 360 g/mol. The summed E-state index contributed by atoms with van der Waals surface area (Å²) in [6.07, 6.45) is 3.78. The number of nitrogens with zero attached hydrogens (tertiary/aromatic N) is 3. The number of carbonyl (C=O) groups is 4. The maximum Gasteiger partial charge on any atom is 0.334 e. The lowest BCUT2D eigenvalue weighted by Crippen LogP contribution is -2.39. The van der Waals surface area contributed by atoms with Gasteiger partial charge in [0, 0.05) is 31.0 Å². The van der Waals surface area contributed by atoms with E-state index in [4.69, 9.17) is 0 Å². The number of hydrogen-bond acceptors (Lipinski definition) is 5. The number of nitrogens with one attached hydrogen (secondary N) is 1. The Morgan fingerprint density at radius 3 is 2.39 bits per heavy atom. The highest BCUT2D eigenvalue weighted by Gasteiger charge is 2.44. The van der Waals surface area contributed by atoms with Crippen molar-refractivity contribution in [3.8, 4) is 0 Å². The highest BCUT2D eigenvalue weighted by molar-refractivity contribution is 6.45. The number of carbonyl (C=O) groups excluding carboxylic acids is 4. The third-order valence-corrected chi connectivity index (χ3v) is 5.13. The number of unbranched alkanes of at least 4 members (excludes halogenated alkanes) is 1. The second-order valence-electron chi connectivity index (χ2n) is 7.23. The van der Waals surface area contributed by atoms with Crippen molar-refractivity contribution < 1.29 is 19.2 Å². The fourth-order valence-corrected chi connectivity index (χ4v) is 3.50. The molecule has 8 nitrogen and oxygen atoms in total. The molecule has 2 saturated heterocycles. The summed E-state index contributed by atoms with van der Waals surface area (Å²) in [5.41, 5.74) is 2.65. The van der Waals surface area contributed by atoms with Crippen LogP contribution in [0.25, 0.3) is 0 Å². The van der Waals surface area contributed by atoms with E-state index in [0.717, 1.165) is 35.7 Å². The highest BCUT2D eigenvalue weighted by atomic mass is 16.2. The van der Waals surface area contributed by atoms with E-state index in [0.29, 0.717) is 17.0 Å². The number of benzene rings is 1. The SMILES string of the molecule is CCCCN1C(=O)C(=O)N(CC(=O)Nc2ccc(N3CCCC3)cc2C)C1=O. The third-order valence-electron chi connectivity index (χ3n) is 5.13. The Labute approximate surface area is 164 Å². The number of anilines is 2. The van der Waals surface area contributed by atoms with Crippen LogP contribution >= 0.6 is 0 Å². The summed E-state index contributed by atoms with van der Waals surface area (Å²) in [5, 5.41) is 2.74. The molecule has 2 fully saturated rings. The first-order valence-corrected chi connectivity index (χ1v) is 9.75. The molecule has 2 heterocycles. The second kappa shape index (κ2) is 8.41. The molecule has 8 heteroatoms. The van der Waals surface area contributed by atoms with Crippen LogP contribution in [-0.2, 0) is 14.4 Å². The predicted octanol–water partition coefficient (Wildman–Crippen LogP) is 2.12. The molecule has 2 aliphatic heterocycles. The Bertz CT molecular complexity index is 801. The van der Waals surface area contributed by atoms with Gasteiger partial charge in [-0.25, -0.2) is 9.69 Å². The molecule has 0 aromatic heterocycles. The molecule has 5 amide bonds. The van der Waals surface area contributed by atoms with Crippen molar-refractivity contribution in [3.05, 3.63) is 23.8 Å². The summed E-state index contributed by atoms with van der Waals surface area (Å²) in [5.74, 6) is -2.32. The second-order valence-corrected chi connectivity index (χ2v) is 7.23. The molecule has 0 bridgehead atoms. The van der Waals surface area contributed by atoms with Crippen molar-refractivity contribution >= 4 is 35.1 Å². The minimum absolute atomic E-state index is 0.190. The first kappa shape index (κ1) is 19.9. The van der Waals surface area contributed by atoms with Crippen LogP contribution in [0.5, 0.6) is 0 Å². The Hall–Kier alpha value is -2.90. The fraction of sp³-hybridized carbons (Fsp3) is 0.500. The molecule has 0 radical (unpaired) electrons. The minimum Gasteiger partial charge on any atom is -0.372 e. The van der Waals surface area contributed by atoms with Gasteiger partial charge in [-0.3, -0.25) is 19.3 Å². The average Bonchev–Trinajstić information content (AvgIpc) is 3.27. The molecular formula is C20H26N4O4. The van der Waals surface area contributed by atoms with Crippen molar-refractivity contribution in [1.29, 1.82) is 0 Å². The number of aryl methyl sites for hydroxylation is 1. The minimum atomic E-state index is -0.947. The first-order valence-electron chi connectivity index (χ1n) is 9.75. The van der Waals surface area contributed by atoms with Gasteiger partial charge in [-0.1, -0.05) is 13.3 Å².